The largest absolute Gasteiger partial charge is 0.452 e. The van der Waals surface area contributed by atoms with Crippen molar-refractivity contribution in [2.45, 2.75) is 24.5 Å². The van der Waals surface area contributed by atoms with Crippen molar-refractivity contribution in [3.05, 3.63) is 64.7 Å². The number of nitrogens with one attached hydrogen (secondary N) is 1. The molecule has 0 aromatic heterocycles. The van der Waals surface area contributed by atoms with Crippen molar-refractivity contribution >= 4 is 29.7 Å². The molecule has 0 aliphatic carbocycles. The summed E-state index contributed by atoms with van der Waals surface area (Å²) < 4.78 is 5.08. The van der Waals surface area contributed by atoms with E-state index in [1.807, 2.05) is 6.07 Å². The number of urea groups is 1. The fourth-order valence-corrected chi connectivity index (χ4v) is 3.86. The van der Waals surface area contributed by atoms with Gasteiger partial charge in [-0.15, -0.1) is 11.8 Å². The fraction of sp³-hybridized carbons (Fsp3) is 0.286. The standard InChI is InChI=1S/C21H22N2O4S/c1-14-6-7-18(15(2)10-14)28-13-16-4-3-5-17(11-16)20(25)27-12-19(24)23-9-8-22-21(23)26/h3-7,10-11H,8-9,12-13H2,1-2H3,(H,22,26). The predicted octanol–water partition coefficient (Wildman–Crippen LogP) is 3.30. The lowest BCUT2D eigenvalue weighted by molar-refractivity contribution is -0.130. The van der Waals surface area contributed by atoms with Crippen LogP contribution in [0.15, 0.2) is 47.4 Å². The number of hydrogen-bond acceptors (Lipinski definition) is 5. The number of thioether (sulfide) groups is 1. The summed E-state index contributed by atoms with van der Waals surface area (Å²) in [5, 5.41) is 2.54. The Hall–Kier alpha value is -2.80. The summed E-state index contributed by atoms with van der Waals surface area (Å²) >= 11 is 1.71. The molecule has 6 nitrogen and oxygen atoms in total. The maximum atomic E-state index is 12.3. The van der Waals surface area contributed by atoms with Gasteiger partial charge in [-0.3, -0.25) is 9.69 Å². The molecule has 0 spiro atoms. The number of rotatable bonds is 6. The maximum Gasteiger partial charge on any atom is 0.338 e. The summed E-state index contributed by atoms with van der Waals surface area (Å²) in [6.07, 6.45) is 0. The Balaban J connectivity index is 1.56. The Morgan fingerprint density at radius 2 is 2.00 bits per heavy atom. The zero-order valence-electron chi connectivity index (χ0n) is 15.9. The molecule has 0 unspecified atom stereocenters. The second-order valence-electron chi connectivity index (χ2n) is 6.61. The zero-order valence-corrected chi connectivity index (χ0v) is 16.7. The second-order valence-corrected chi connectivity index (χ2v) is 7.63. The highest BCUT2D eigenvalue weighted by molar-refractivity contribution is 7.98. The molecule has 0 atom stereocenters. The molecule has 2 aromatic carbocycles. The predicted molar refractivity (Wildman–Crippen MR) is 107 cm³/mol. The molecular weight excluding hydrogens is 376 g/mol. The molecule has 1 heterocycles. The lowest BCUT2D eigenvalue weighted by Crippen LogP contribution is -2.37. The highest BCUT2D eigenvalue weighted by Gasteiger charge is 2.26. The number of carbonyl (C=O) groups excluding carboxylic acids is 3. The Labute approximate surface area is 168 Å². The Morgan fingerprint density at radius 3 is 2.71 bits per heavy atom. The molecule has 0 bridgehead atoms. The minimum atomic E-state index is -0.577. The van der Waals surface area contributed by atoms with Crippen LogP contribution in [-0.4, -0.2) is 42.5 Å². The Morgan fingerprint density at radius 1 is 1.18 bits per heavy atom. The summed E-state index contributed by atoms with van der Waals surface area (Å²) in [6.45, 7) is 4.41. The van der Waals surface area contributed by atoms with Gasteiger partial charge in [0.2, 0.25) is 0 Å². The van der Waals surface area contributed by atoms with E-state index in [9.17, 15) is 14.4 Å². The van der Waals surface area contributed by atoms with Gasteiger partial charge < -0.3 is 10.1 Å². The van der Waals surface area contributed by atoms with E-state index in [1.54, 1.807) is 30.0 Å². The molecule has 1 saturated heterocycles. The average molecular weight is 398 g/mol. The number of benzene rings is 2. The van der Waals surface area contributed by atoms with Crippen LogP contribution in [0.1, 0.15) is 27.0 Å². The first-order chi connectivity index (χ1) is 13.4. The van der Waals surface area contributed by atoms with Crippen LogP contribution < -0.4 is 5.32 Å². The van der Waals surface area contributed by atoms with Gasteiger partial charge in [0.05, 0.1) is 5.56 Å². The first kappa shape index (κ1) is 19.9. The number of esters is 1. The van der Waals surface area contributed by atoms with Crippen molar-refractivity contribution in [2.24, 2.45) is 0 Å². The van der Waals surface area contributed by atoms with Crippen LogP contribution in [0, 0.1) is 13.8 Å². The van der Waals surface area contributed by atoms with E-state index >= 15 is 0 Å². The Bertz CT molecular complexity index is 913. The van der Waals surface area contributed by atoms with Gasteiger partial charge in [0.25, 0.3) is 5.91 Å². The third-order valence-electron chi connectivity index (χ3n) is 4.37. The number of carbonyl (C=O) groups is 3. The topological polar surface area (TPSA) is 75.7 Å². The van der Waals surface area contributed by atoms with E-state index in [4.69, 9.17) is 4.74 Å². The van der Waals surface area contributed by atoms with Crippen LogP contribution in [-0.2, 0) is 15.3 Å². The van der Waals surface area contributed by atoms with E-state index in [0.29, 0.717) is 18.7 Å². The van der Waals surface area contributed by atoms with Crippen LogP contribution in [0.4, 0.5) is 4.79 Å². The maximum absolute atomic E-state index is 12.3. The molecule has 1 aliphatic heterocycles. The molecule has 28 heavy (non-hydrogen) atoms. The van der Waals surface area contributed by atoms with E-state index in [0.717, 1.165) is 16.2 Å². The molecule has 3 rings (SSSR count). The lowest BCUT2D eigenvalue weighted by atomic mass is 10.1. The van der Waals surface area contributed by atoms with Gasteiger partial charge in [0.15, 0.2) is 6.61 Å². The summed E-state index contributed by atoms with van der Waals surface area (Å²) in [4.78, 5) is 37.9. The molecule has 3 amide bonds. The molecule has 0 saturated carbocycles. The van der Waals surface area contributed by atoms with E-state index < -0.39 is 24.5 Å². The van der Waals surface area contributed by atoms with Gasteiger partial charge in [0.1, 0.15) is 0 Å². The molecule has 1 aliphatic rings. The van der Waals surface area contributed by atoms with Gasteiger partial charge in [-0.05, 0) is 43.2 Å². The highest BCUT2D eigenvalue weighted by Crippen LogP contribution is 2.27. The third kappa shape index (κ3) is 4.92. The number of aryl methyl sites for hydroxylation is 2. The van der Waals surface area contributed by atoms with Crippen LogP contribution in [0.3, 0.4) is 0 Å². The van der Waals surface area contributed by atoms with Crippen LogP contribution in [0.5, 0.6) is 0 Å². The monoisotopic (exact) mass is 398 g/mol. The third-order valence-corrected chi connectivity index (χ3v) is 5.62. The minimum Gasteiger partial charge on any atom is -0.452 e. The SMILES string of the molecule is Cc1ccc(SCc2cccc(C(=O)OCC(=O)N3CCNC3=O)c2)c(C)c1. The van der Waals surface area contributed by atoms with E-state index in [1.165, 1.54) is 16.0 Å². The smallest absolute Gasteiger partial charge is 0.338 e. The van der Waals surface area contributed by atoms with Gasteiger partial charge in [-0.25, -0.2) is 9.59 Å². The van der Waals surface area contributed by atoms with Crippen LogP contribution in [0.25, 0.3) is 0 Å². The van der Waals surface area contributed by atoms with Gasteiger partial charge in [0, 0.05) is 23.7 Å². The molecule has 7 heteroatoms. The Kier molecular flexibility index (Phi) is 6.36. The normalized spacial score (nSPS) is 13.4. The number of amides is 3. The molecule has 1 fully saturated rings. The molecular formula is C21H22N2O4S. The summed E-state index contributed by atoms with van der Waals surface area (Å²) in [7, 11) is 0. The fourth-order valence-electron chi connectivity index (χ4n) is 2.91. The quantitative estimate of drug-likeness (QED) is 0.597. The van der Waals surface area contributed by atoms with Crippen LogP contribution in [0.2, 0.25) is 0 Å². The van der Waals surface area contributed by atoms with Gasteiger partial charge >= 0.3 is 12.0 Å². The van der Waals surface area contributed by atoms with Crippen molar-refractivity contribution in [2.75, 3.05) is 19.7 Å². The second kappa shape index (κ2) is 8.93. The van der Waals surface area contributed by atoms with Crippen molar-refractivity contribution in [3.8, 4) is 0 Å². The zero-order chi connectivity index (χ0) is 20.1. The van der Waals surface area contributed by atoms with Gasteiger partial charge in [-0.2, -0.15) is 0 Å². The molecule has 146 valence electrons. The van der Waals surface area contributed by atoms with Crippen molar-refractivity contribution in [3.63, 3.8) is 0 Å². The number of nitrogens with zero attached hydrogens (tertiary/aromatic N) is 1. The highest BCUT2D eigenvalue weighted by atomic mass is 32.2. The van der Waals surface area contributed by atoms with Crippen molar-refractivity contribution < 1.29 is 19.1 Å². The number of ether oxygens (including phenoxy) is 1. The summed E-state index contributed by atoms with van der Waals surface area (Å²) in [6, 6.07) is 13.1. The number of hydrogen-bond donors (Lipinski definition) is 1. The van der Waals surface area contributed by atoms with Crippen LogP contribution >= 0.6 is 11.8 Å². The minimum absolute atomic E-state index is 0.292. The molecule has 2 aromatic rings. The first-order valence-electron chi connectivity index (χ1n) is 8.98. The molecule has 0 radical (unpaired) electrons. The lowest BCUT2D eigenvalue weighted by Gasteiger charge is -2.12. The average Bonchev–Trinajstić information content (AvgIpc) is 3.11. The summed E-state index contributed by atoms with van der Waals surface area (Å²) in [5.41, 5.74) is 3.83. The number of imide groups is 1. The summed E-state index contributed by atoms with van der Waals surface area (Å²) in [5.74, 6) is -0.381. The van der Waals surface area contributed by atoms with Gasteiger partial charge in [-0.1, -0.05) is 29.8 Å². The van der Waals surface area contributed by atoms with Crippen molar-refractivity contribution in [1.82, 2.24) is 10.2 Å². The molecule has 1 N–H and O–H groups in total. The van der Waals surface area contributed by atoms with Crippen molar-refractivity contribution in [1.29, 1.82) is 0 Å². The van der Waals surface area contributed by atoms with E-state index in [-0.39, 0.29) is 0 Å². The first-order valence-corrected chi connectivity index (χ1v) is 9.97. The van der Waals surface area contributed by atoms with E-state index in [2.05, 4.69) is 37.4 Å².